The summed E-state index contributed by atoms with van der Waals surface area (Å²) in [5.41, 5.74) is 0. The molecule has 1 rings (SSSR count). The van der Waals surface area contributed by atoms with Crippen LogP contribution in [0.2, 0.25) is 0 Å². The molecule has 0 aromatic heterocycles. The molecule has 0 radical (unpaired) electrons. The molecule has 0 saturated carbocycles. The Bertz CT molecular complexity index is 196. The second kappa shape index (κ2) is 5.53. The first-order valence-electron chi connectivity index (χ1n) is 5.36. The van der Waals surface area contributed by atoms with E-state index in [1.54, 1.807) is 0 Å². The largest absolute Gasteiger partial charge is 0.402 e. The van der Waals surface area contributed by atoms with Crippen LogP contribution in [0.25, 0.3) is 0 Å². The van der Waals surface area contributed by atoms with Crippen molar-refractivity contribution >= 4 is 15.9 Å². The fourth-order valence-corrected chi connectivity index (χ4v) is 2.46. The molecule has 0 aromatic carbocycles. The maximum atomic E-state index is 12.3. The lowest BCUT2D eigenvalue weighted by atomic mass is 10.0. The van der Waals surface area contributed by atoms with E-state index in [-0.39, 0.29) is 6.54 Å². The third-order valence-electron chi connectivity index (χ3n) is 2.84. The van der Waals surface area contributed by atoms with Crippen LogP contribution in [0.1, 0.15) is 26.2 Å². The minimum absolute atomic E-state index is 0.0870. The SMILES string of the molecule is CCCC1CCN(CC(Br)C(F)(F)F)C1. The highest BCUT2D eigenvalue weighted by Crippen LogP contribution is 2.29. The van der Waals surface area contributed by atoms with Gasteiger partial charge in [-0.05, 0) is 25.3 Å². The zero-order valence-electron chi connectivity index (χ0n) is 8.86. The van der Waals surface area contributed by atoms with Gasteiger partial charge in [0, 0.05) is 13.1 Å². The highest BCUT2D eigenvalue weighted by Gasteiger charge is 2.39. The maximum Gasteiger partial charge on any atom is 0.402 e. The summed E-state index contributed by atoms with van der Waals surface area (Å²) in [6.07, 6.45) is -0.820. The molecule has 1 aliphatic rings. The van der Waals surface area contributed by atoms with Gasteiger partial charge in [0.15, 0.2) is 0 Å². The number of nitrogens with zero attached hydrogens (tertiary/aromatic N) is 1. The predicted octanol–water partition coefficient (Wildman–Crippen LogP) is 3.43. The Morgan fingerprint density at radius 2 is 2.13 bits per heavy atom. The lowest BCUT2D eigenvalue weighted by Gasteiger charge is -2.21. The van der Waals surface area contributed by atoms with Crippen LogP contribution in [-0.4, -0.2) is 35.5 Å². The van der Waals surface area contributed by atoms with Gasteiger partial charge in [0.05, 0.1) is 0 Å². The van der Waals surface area contributed by atoms with E-state index < -0.39 is 11.0 Å². The van der Waals surface area contributed by atoms with Crippen molar-refractivity contribution in [3.8, 4) is 0 Å². The normalized spacial score (nSPS) is 25.8. The smallest absolute Gasteiger partial charge is 0.302 e. The molecule has 0 spiro atoms. The molecular formula is C10H17BrF3N. The Morgan fingerprint density at radius 3 is 2.67 bits per heavy atom. The van der Waals surface area contributed by atoms with E-state index in [2.05, 4.69) is 22.9 Å². The monoisotopic (exact) mass is 287 g/mol. The van der Waals surface area contributed by atoms with E-state index in [0.29, 0.717) is 5.92 Å². The second-order valence-electron chi connectivity index (χ2n) is 4.21. The topological polar surface area (TPSA) is 3.24 Å². The molecule has 0 aromatic rings. The van der Waals surface area contributed by atoms with Crippen molar-refractivity contribution in [3.63, 3.8) is 0 Å². The number of halogens is 4. The quantitative estimate of drug-likeness (QED) is 0.716. The van der Waals surface area contributed by atoms with Crippen molar-refractivity contribution < 1.29 is 13.2 Å². The van der Waals surface area contributed by atoms with Gasteiger partial charge in [-0.2, -0.15) is 13.2 Å². The van der Waals surface area contributed by atoms with Crippen molar-refractivity contribution in [3.05, 3.63) is 0 Å². The molecule has 0 amide bonds. The number of likely N-dealkylation sites (tertiary alicyclic amines) is 1. The molecule has 2 atom stereocenters. The van der Waals surface area contributed by atoms with E-state index in [4.69, 9.17) is 0 Å². The summed E-state index contributed by atoms with van der Waals surface area (Å²) in [5, 5.41) is 0. The van der Waals surface area contributed by atoms with Gasteiger partial charge in [-0.15, -0.1) is 0 Å². The van der Waals surface area contributed by atoms with Crippen molar-refractivity contribution in [2.24, 2.45) is 5.92 Å². The van der Waals surface area contributed by atoms with Gasteiger partial charge in [0.2, 0.25) is 0 Å². The van der Waals surface area contributed by atoms with Crippen LogP contribution in [0.4, 0.5) is 13.2 Å². The van der Waals surface area contributed by atoms with Crippen molar-refractivity contribution in [2.45, 2.75) is 37.2 Å². The number of hydrogen-bond acceptors (Lipinski definition) is 1. The van der Waals surface area contributed by atoms with Crippen LogP contribution in [0.15, 0.2) is 0 Å². The number of rotatable bonds is 4. The van der Waals surface area contributed by atoms with Crippen molar-refractivity contribution in [1.82, 2.24) is 4.90 Å². The lowest BCUT2D eigenvalue weighted by molar-refractivity contribution is -0.130. The minimum Gasteiger partial charge on any atom is -0.302 e. The number of hydrogen-bond donors (Lipinski definition) is 0. The molecule has 1 aliphatic heterocycles. The van der Waals surface area contributed by atoms with E-state index >= 15 is 0 Å². The summed E-state index contributed by atoms with van der Waals surface area (Å²) in [6, 6.07) is 0. The predicted molar refractivity (Wildman–Crippen MR) is 58.2 cm³/mol. The van der Waals surface area contributed by atoms with Crippen LogP contribution in [0.5, 0.6) is 0 Å². The summed E-state index contributed by atoms with van der Waals surface area (Å²) < 4.78 is 36.8. The van der Waals surface area contributed by atoms with Crippen molar-refractivity contribution in [1.29, 1.82) is 0 Å². The molecule has 0 N–H and O–H groups in total. The van der Waals surface area contributed by atoms with Crippen LogP contribution in [0.3, 0.4) is 0 Å². The lowest BCUT2D eigenvalue weighted by Crippen LogP contribution is -2.36. The highest BCUT2D eigenvalue weighted by atomic mass is 79.9. The first-order chi connectivity index (χ1) is 6.93. The third kappa shape index (κ3) is 4.31. The molecule has 1 heterocycles. The van der Waals surface area contributed by atoms with Gasteiger partial charge >= 0.3 is 6.18 Å². The molecule has 15 heavy (non-hydrogen) atoms. The van der Waals surface area contributed by atoms with Crippen LogP contribution in [0, 0.1) is 5.92 Å². The Labute approximate surface area is 97.1 Å². The third-order valence-corrected chi connectivity index (χ3v) is 3.65. The van der Waals surface area contributed by atoms with Gasteiger partial charge in [-0.25, -0.2) is 0 Å². The van der Waals surface area contributed by atoms with E-state index in [9.17, 15) is 13.2 Å². The van der Waals surface area contributed by atoms with Gasteiger partial charge in [-0.3, -0.25) is 0 Å². The Morgan fingerprint density at radius 1 is 1.47 bits per heavy atom. The van der Waals surface area contributed by atoms with Gasteiger partial charge in [0.25, 0.3) is 0 Å². The average molecular weight is 288 g/mol. The minimum atomic E-state index is -4.12. The maximum absolute atomic E-state index is 12.3. The molecule has 2 unspecified atom stereocenters. The molecule has 1 nitrogen and oxygen atoms in total. The van der Waals surface area contributed by atoms with Crippen LogP contribution in [-0.2, 0) is 0 Å². The fourth-order valence-electron chi connectivity index (χ4n) is 2.05. The fraction of sp³-hybridized carbons (Fsp3) is 1.00. The van der Waals surface area contributed by atoms with E-state index in [1.807, 2.05) is 4.90 Å². The van der Waals surface area contributed by atoms with Crippen molar-refractivity contribution in [2.75, 3.05) is 19.6 Å². The summed E-state index contributed by atoms with van der Waals surface area (Å²) in [7, 11) is 0. The van der Waals surface area contributed by atoms with Gasteiger partial charge in [0.1, 0.15) is 4.83 Å². The Hall–Kier alpha value is 0.230. The highest BCUT2D eigenvalue weighted by molar-refractivity contribution is 9.09. The van der Waals surface area contributed by atoms with Gasteiger partial charge < -0.3 is 4.90 Å². The summed E-state index contributed by atoms with van der Waals surface area (Å²) >= 11 is 2.70. The number of alkyl halides is 4. The molecular weight excluding hydrogens is 271 g/mol. The molecule has 90 valence electrons. The van der Waals surface area contributed by atoms with E-state index in [0.717, 1.165) is 32.4 Å². The Balaban J connectivity index is 2.30. The molecule has 1 saturated heterocycles. The average Bonchev–Trinajstić information content (AvgIpc) is 2.51. The summed E-state index contributed by atoms with van der Waals surface area (Å²) in [5.74, 6) is 0.600. The Kier molecular flexibility index (Phi) is 4.90. The van der Waals surface area contributed by atoms with E-state index in [1.165, 1.54) is 0 Å². The summed E-state index contributed by atoms with van der Waals surface area (Å²) in [6.45, 7) is 3.84. The van der Waals surface area contributed by atoms with Crippen LogP contribution < -0.4 is 0 Å². The second-order valence-corrected chi connectivity index (χ2v) is 5.32. The van der Waals surface area contributed by atoms with Gasteiger partial charge in [-0.1, -0.05) is 29.3 Å². The standard InChI is InChI=1S/C10H17BrF3N/c1-2-3-8-4-5-15(6-8)7-9(11)10(12,13)14/h8-9H,2-7H2,1H3. The molecule has 5 heteroatoms. The zero-order chi connectivity index (χ0) is 11.5. The molecule has 0 bridgehead atoms. The van der Waals surface area contributed by atoms with Crippen LogP contribution >= 0.6 is 15.9 Å². The summed E-state index contributed by atoms with van der Waals surface area (Å²) in [4.78, 5) is 0.526. The molecule has 0 aliphatic carbocycles. The molecule has 1 fully saturated rings. The first kappa shape index (κ1) is 13.3. The first-order valence-corrected chi connectivity index (χ1v) is 6.28. The zero-order valence-corrected chi connectivity index (χ0v) is 10.4.